The number of carbonyl (C=O) groups is 2. The van der Waals surface area contributed by atoms with E-state index in [0.717, 1.165) is 12.8 Å². The van der Waals surface area contributed by atoms with Crippen LogP contribution in [-0.2, 0) is 23.8 Å². The molecule has 4 saturated carbocycles. The van der Waals surface area contributed by atoms with E-state index < -0.39 is 11.2 Å². The predicted molar refractivity (Wildman–Crippen MR) is 139 cm³/mol. The first-order chi connectivity index (χ1) is 16.8. The number of hydrogen-bond donors (Lipinski definition) is 0. The molecule has 11 atom stereocenters. The van der Waals surface area contributed by atoms with Crippen molar-refractivity contribution in [3.63, 3.8) is 0 Å². The highest BCUT2D eigenvalue weighted by Gasteiger charge is 2.73. The molecule has 0 bridgehead atoms. The molecule has 36 heavy (non-hydrogen) atoms. The van der Waals surface area contributed by atoms with Crippen LogP contribution in [0.4, 0.5) is 0 Å². The number of Topliss-reactive ketones (excluding diaryl/α,β-unsaturated/α-hetero) is 1. The van der Waals surface area contributed by atoms with Crippen LogP contribution in [0.2, 0.25) is 0 Å². The number of carbonyl (C=O) groups excluding carboxylic acids is 2. The lowest BCUT2D eigenvalue weighted by Gasteiger charge is -2.70. The fourth-order valence-corrected chi connectivity index (χ4v) is 11.2. The van der Waals surface area contributed by atoms with E-state index in [9.17, 15) is 9.59 Å². The first-order valence-electron chi connectivity index (χ1n) is 14.8. The molecule has 0 radical (unpaired) electrons. The maximum Gasteiger partial charge on any atom is 0.302 e. The summed E-state index contributed by atoms with van der Waals surface area (Å²) in [6.45, 7) is 18.6. The molecular formula is C31H50O5. The Morgan fingerprint density at radius 3 is 2.33 bits per heavy atom. The van der Waals surface area contributed by atoms with E-state index in [0.29, 0.717) is 42.7 Å². The lowest BCUT2D eigenvalue weighted by atomic mass is 9.34. The second kappa shape index (κ2) is 8.53. The molecule has 0 aromatic rings. The van der Waals surface area contributed by atoms with Gasteiger partial charge in [-0.3, -0.25) is 9.59 Å². The van der Waals surface area contributed by atoms with Crippen molar-refractivity contribution >= 4 is 11.8 Å². The highest BCUT2D eigenvalue weighted by Crippen LogP contribution is 2.74. The second-order valence-electron chi connectivity index (χ2n) is 14.3. The van der Waals surface area contributed by atoms with Gasteiger partial charge < -0.3 is 14.2 Å². The molecule has 0 unspecified atom stereocenters. The zero-order valence-electron chi connectivity index (χ0n) is 24.1. The first kappa shape index (κ1) is 26.7. The Hall–Kier alpha value is -0.940. The van der Waals surface area contributed by atoms with Crippen LogP contribution in [0.15, 0.2) is 0 Å². The normalized spacial score (nSPS) is 54.2. The number of ether oxygens (including phenoxy) is 3. The summed E-state index contributed by atoms with van der Waals surface area (Å²) in [5.41, 5.74) is 0.128. The fourth-order valence-electron chi connectivity index (χ4n) is 11.2. The first-order valence-corrected chi connectivity index (χ1v) is 14.8. The Morgan fingerprint density at radius 2 is 1.69 bits per heavy atom. The summed E-state index contributed by atoms with van der Waals surface area (Å²) in [6.07, 6.45) is 8.56. The molecule has 4 aliphatic carbocycles. The topological polar surface area (TPSA) is 61.8 Å². The summed E-state index contributed by atoms with van der Waals surface area (Å²) < 4.78 is 18.6. The van der Waals surface area contributed by atoms with Gasteiger partial charge in [0.1, 0.15) is 11.9 Å². The van der Waals surface area contributed by atoms with Gasteiger partial charge in [-0.05, 0) is 80.0 Å². The molecule has 5 nitrogen and oxygen atoms in total. The quantitative estimate of drug-likeness (QED) is 0.407. The molecule has 0 aromatic heterocycles. The van der Waals surface area contributed by atoms with Crippen LogP contribution < -0.4 is 0 Å². The summed E-state index contributed by atoms with van der Waals surface area (Å²) in [7, 11) is 0. The highest BCUT2D eigenvalue weighted by atomic mass is 16.7. The van der Waals surface area contributed by atoms with E-state index in [1.54, 1.807) is 0 Å². The van der Waals surface area contributed by atoms with Crippen LogP contribution in [0.1, 0.15) is 107 Å². The van der Waals surface area contributed by atoms with E-state index in [4.69, 9.17) is 14.2 Å². The van der Waals surface area contributed by atoms with Crippen molar-refractivity contribution in [2.75, 3.05) is 13.2 Å². The fraction of sp³-hybridized carbons (Fsp3) is 0.935. The Kier molecular flexibility index (Phi) is 6.32. The van der Waals surface area contributed by atoms with Crippen LogP contribution >= 0.6 is 0 Å². The molecule has 0 N–H and O–H groups in total. The summed E-state index contributed by atoms with van der Waals surface area (Å²) >= 11 is 0. The molecule has 0 spiro atoms. The number of rotatable bonds is 4. The van der Waals surface area contributed by atoms with Crippen LogP contribution in [0.5, 0.6) is 0 Å². The third-order valence-corrected chi connectivity index (χ3v) is 13.0. The number of esters is 1. The van der Waals surface area contributed by atoms with Crippen molar-refractivity contribution in [2.24, 2.45) is 51.2 Å². The molecule has 0 aromatic carbocycles. The minimum atomic E-state index is -0.832. The average molecular weight is 503 g/mol. The summed E-state index contributed by atoms with van der Waals surface area (Å²) in [5.74, 6) is 0.451. The van der Waals surface area contributed by atoms with Crippen LogP contribution in [0, 0.1) is 51.2 Å². The summed E-state index contributed by atoms with van der Waals surface area (Å²) in [4.78, 5) is 26.7. The molecule has 204 valence electrons. The van der Waals surface area contributed by atoms with E-state index in [1.807, 2.05) is 13.8 Å². The Labute approximate surface area is 218 Å². The SMILES string of the molecule is CCO[C@@]1(C)OC[C@H]2[C@H]1[C@@H](OC(C)=O)C[C@H]1[C@]3(C)CC[C@H]4[C@@](C)(CC)CCC[C@]4(C)[C@H]3CC(=O)[C@]21C. The Bertz CT molecular complexity index is 917. The van der Waals surface area contributed by atoms with Gasteiger partial charge in [0.15, 0.2) is 5.79 Å². The molecule has 5 aliphatic rings. The number of ketones is 1. The molecule has 1 aliphatic heterocycles. The maximum absolute atomic E-state index is 14.4. The van der Waals surface area contributed by atoms with Gasteiger partial charge in [-0.25, -0.2) is 0 Å². The van der Waals surface area contributed by atoms with Gasteiger partial charge in [0.05, 0.1) is 12.5 Å². The smallest absolute Gasteiger partial charge is 0.302 e. The van der Waals surface area contributed by atoms with Gasteiger partial charge in [0.25, 0.3) is 0 Å². The predicted octanol–water partition coefficient (Wildman–Crippen LogP) is 6.57. The zero-order chi connectivity index (χ0) is 26.3. The standard InChI is InChI=1S/C31H50O5/c1-9-27(4)13-11-14-28(5)22(27)12-15-29(6)23(28)17-25(33)30(7)20-18-35-31(8,34-10-2)26(20)21(16-24(29)30)36-19(3)32/h20-24,26H,9-18H2,1-8H3/t20-,21-,22-,23+,24-,26-,27-,28-,29+,30+,31-/m0/s1. The second-order valence-corrected chi connectivity index (χ2v) is 14.3. The monoisotopic (exact) mass is 502 g/mol. The lowest BCUT2D eigenvalue weighted by Crippen LogP contribution is -2.68. The highest BCUT2D eigenvalue weighted by molar-refractivity contribution is 5.87. The van der Waals surface area contributed by atoms with E-state index in [1.165, 1.54) is 39.0 Å². The van der Waals surface area contributed by atoms with E-state index in [2.05, 4.69) is 34.6 Å². The minimum Gasteiger partial charge on any atom is -0.462 e. The van der Waals surface area contributed by atoms with Crippen LogP contribution in [0.3, 0.4) is 0 Å². The maximum atomic E-state index is 14.4. The molecule has 5 fully saturated rings. The third kappa shape index (κ3) is 3.39. The third-order valence-electron chi connectivity index (χ3n) is 13.0. The van der Waals surface area contributed by atoms with Crippen LogP contribution in [0.25, 0.3) is 0 Å². The van der Waals surface area contributed by atoms with Gasteiger partial charge in [0, 0.05) is 31.3 Å². The van der Waals surface area contributed by atoms with Gasteiger partial charge in [-0.15, -0.1) is 0 Å². The summed E-state index contributed by atoms with van der Waals surface area (Å²) in [5, 5.41) is 0. The van der Waals surface area contributed by atoms with Crippen molar-refractivity contribution in [1.29, 1.82) is 0 Å². The van der Waals surface area contributed by atoms with Gasteiger partial charge in [-0.2, -0.15) is 0 Å². The number of fused-ring (bicyclic) bond motifs is 7. The lowest BCUT2D eigenvalue weighted by molar-refractivity contribution is -0.255. The minimum absolute atomic E-state index is 0.000202. The zero-order valence-corrected chi connectivity index (χ0v) is 24.1. The van der Waals surface area contributed by atoms with Crippen molar-refractivity contribution < 1.29 is 23.8 Å². The largest absolute Gasteiger partial charge is 0.462 e. The molecule has 1 heterocycles. The van der Waals surface area contributed by atoms with Crippen molar-refractivity contribution in [3.05, 3.63) is 0 Å². The van der Waals surface area contributed by atoms with Crippen molar-refractivity contribution in [1.82, 2.24) is 0 Å². The molecule has 5 rings (SSSR count). The summed E-state index contributed by atoms with van der Waals surface area (Å²) in [6, 6.07) is 0. The molecular weight excluding hydrogens is 452 g/mol. The van der Waals surface area contributed by atoms with Crippen molar-refractivity contribution in [3.8, 4) is 0 Å². The Balaban J connectivity index is 1.58. The average Bonchev–Trinajstić information content (AvgIpc) is 3.15. The molecule has 5 heteroatoms. The van der Waals surface area contributed by atoms with Gasteiger partial charge in [0.2, 0.25) is 0 Å². The molecule has 0 amide bonds. The van der Waals surface area contributed by atoms with Gasteiger partial charge >= 0.3 is 5.97 Å². The van der Waals surface area contributed by atoms with Crippen molar-refractivity contribution in [2.45, 2.75) is 119 Å². The molecule has 1 saturated heterocycles. The van der Waals surface area contributed by atoms with Crippen LogP contribution in [-0.4, -0.2) is 36.9 Å². The van der Waals surface area contributed by atoms with E-state index in [-0.39, 0.29) is 40.7 Å². The van der Waals surface area contributed by atoms with E-state index >= 15 is 0 Å². The Morgan fingerprint density at radius 1 is 1.00 bits per heavy atom. The number of hydrogen-bond acceptors (Lipinski definition) is 5. The van der Waals surface area contributed by atoms with Gasteiger partial charge in [-0.1, -0.05) is 47.5 Å².